The third-order valence-electron chi connectivity index (χ3n) is 4.47. The van der Waals surface area contributed by atoms with Gasteiger partial charge in [0.1, 0.15) is 0 Å². The Balaban J connectivity index is 1.82. The van der Waals surface area contributed by atoms with Crippen LogP contribution in [0.25, 0.3) is 0 Å². The Labute approximate surface area is 113 Å². The molecule has 108 valence electrons. The molecule has 2 fully saturated rings. The normalized spacial score (nSPS) is 30.6. The zero-order chi connectivity index (χ0) is 13.9. The highest BCUT2D eigenvalue weighted by atomic mass is 16.5. The maximum absolute atomic E-state index is 12.2. The Morgan fingerprint density at radius 3 is 2.16 bits per heavy atom. The Hall–Kier alpha value is -1.10. The Kier molecular flexibility index (Phi) is 4.45. The average molecular weight is 269 g/mol. The van der Waals surface area contributed by atoms with E-state index in [1.807, 2.05) is 0 Å². The molecule has 0 spiro atoms. The van der Waals surface area contributed by atoms with Gasteiger partial charge in [0, 0.05) is 24.7 Å². The van der Waals surface area contributed by atoms with Crippen LogP contribution in [-0.4, -0.2) is 35.7 Å². The van der Waals surface area contributed by atoms with Crippen molar-refractivity contribution in [3.8, 4) is 0 Å². The fourth-order valence-corrected chi connectivity index (χ4v) is 2.95. The van der Waals surface area contributed by atoms with Crippen molar-refractivity contribution in [1.29, 1.82) is 0 Å². The minimum Gasteiger partial charge on any atom is -0.481 e. The van der Waals surface area contributed by atoms with E-state index in [4.69, 9.17) is 9.84 Å². The molecule has 0 bridgehead atoms. The van der Waals surface area contributed by atoms with Crippen molar-refractivity contribution in [2.24, 2.45) is 11.8 Å². The van der Waals surface area contributed by atoms with E-state index in [1.54, 1.807) is 0 Å². The lowest BCUT2D eigenvalue weighted by molar-refractivity contribution is -0.144. The van der Waals surface area contributed by atoms with Crippen LogP contribution in [0.1, 0.15) is 45.4 Å². The van der Waals surface area contributed by atoms with Gasteiger partial charge in [0.05, 0.1) is 5.92 Å². The van der Waals surface area contributed by atoms with E-state index >= 15 is 0 Å². The minimum atomic E-state index is -0.727. The molecule has 0 aromatic rings. The van der Waals surface area contributed by atoms with Crippen molar-refractivity contribution in [2.45, 2.75) is 51.0 Å². The van der Waals surface area contributed by atoms with Crippen LogP contribution in [0.15, 0.2) is 0 Å². The lowest BCUT2D eigenvalue weighted by Gasteiger charge is -2.36. The molecule has 2 rings (SSSR count). The van der Waals surface area contributed by atoms with Crippen molar-refractivity contribution >= 4 is 11.9 Å². The molecule has 1 heterocycles. The lowest BCUT2D eigenvalue weighted by Crippen LogP contribution is -2.51. The summed E-state index contributed by atoms with van der Waals surface area (Å²) in [6.07, 6.45) is 4.32. The highest BCUT2D eigenvalue weighted by Crippen LogP contribution is 2.30. The van der Waals surface area contributed by atoms with Gasteiger partial charge >= 0.3 is 5.97 Å². The van der Waals surface area contributed by atoms with Crippen molar-refractivity contribution in [3.63, 3.8) is 0 Å². The first-order valence-corrected chi connectivity index (χ1v) is 7.13. The Bertz CT molecular complexity index is 341. The molecule has 1 aliphatic carbocycles. The summed E-state index contributed by atoms with van der Waals surface area (Å²) in [5, 5.41) is 12.1. The number of hydrogen-bond acceptors (Lipinski definition) is 3. The topological polar surface area (TPSA) is 75.6 Å². The predicted molar refractivity (Wildman–Crippen MR) is 69.7 cm³/mol. The van der Waals surface area contributed by atoms with Crippen LogP contribution in [-0.2, 0) is 14.3 Å². The van der Waals surface area contributed by atoms with Gasteiger partial charge in [-0.2, -0.15) is 0 Å². The molecule has 1 saturated carbocycles. The third-order valence-corrected chi connectivity index (χ3v) is 4.47. The molecule has 19 heavy (non-hydrogen) atoms. The van der Waals surface area contributed by atoms with Gasteiger partial charge in [-0.15, -0.1) is 0 Å². The summed E-state index contributed by atoms with van der Waals surface area (Å²) in [7, 11) is 0. The highest BCUT2D eigenvalue weighted by Gasteiger charge is 2.34. The summed E-state index contributed by atoms with van der Waals surface area (Å²) >= 11 is 0. The summed E-state index contributed by atoms with van der Waals surface area (Å²) in [6, 6.07) is 0. The molecule has 0 unspecified atom stereocenters. The number of aliphatic carboxylic acids is 1. The highest BCUT2D eigenvalue weighted by molar-refractivity contribution is 5.80. The lowest BCUT2D eigenvalue weighted by atomic mass is 9.81. The second-order valence-corrected chi connectivity index (χ2v) is 6.05. The summed E-state index contributed by atoms with van der Waals surface area (Å²) in [5.74, 6) is -0.915. The molecule has 2 N–H and O–H groups in total. The second kappa shape index (κ2) is 5.90. The number of amides is 1. The van der Waals surface area contributed by atoms with Crippen molar-refractivity contribution in [2.75, 3.05) is 13.2 Å². The minimum absolute atomic E-state index is 0.0183. The van der Waals surface area contributed by atoms with Crippen molar-refractivity contribution in [3.05, 3.63) is 0 Å². The maximum atomic E-state index is 12.2. The van der Waals surface area contributed by atoms with Crippen LogP contribution in [0.3, 0.4) is 0 Å². The summed E-state index contributed by atoms with van der Waals surface area (Å²) < 4.78 is 5.32. The first-order valence-electron chi connectivity index (χ1n) is 7.13. The summed E-state index contributed by atoms with van der Waals surface area (Å²) in [5.41, 5.74) is -0.154. The fourth-order valence-electron chi connectivity index (χ4n) is 2.95. The molecule has 1 aliphatic heterocycles. The number of carbonyl (C=O) groups excluding carboxylic acids is 1. The number of nitrogens with one attached hydrogen (secondary N) is 1. The van der Waals surface area contributed by atoms with Crippen molar-refractivity contribution in [1.82, 2.24) is 5.32 Å². The smallest absolute Gasteiger partial charge is 0.306 e. The number of carbonyl (C=O) groups is 2. The molecule has 0 atom stereocenters. The molecule has 5 nitrogen and oxygen atoms in total. The van der Waals surface area contributed by atoms with E-state index in [-0.39, 0.29) is 23.3 Å². The molecular weight excluding hydrogens is 246 g/mol. The monoisotopic (exact) mass is 269 g/mol. The molecule has 1 saturated heterocycles. The van der Waals surface area contributed by atoms with Crippen LogP contribution in [0.5, 0.6) is 0 Å². The van der Waals surface area contributed by atoms with Crippen LogP contribution in [0.4, 0.5) is 0 Å². The fraction of sp³-hybridized carbons (Fsp3) is 0.857. The molecule has 0 aromatic heterocycles. The number of carboxylic acid groups (broad SMARTS) is 1. The summed E-state index contributed by atoms with van der Waals surface area (Å²) in [6.45, 7) is 3.46. The van der Waals surface area contributed by atoms with E-state index < -0.39 is 5.97 Å². The Morgan fingerprint density at radius 2 is 1.63 bits per heavy atom. The van der Waals surface area contributed by atoms with Crippen LogP contribution in [0, 0.1) is 11.8 Å². The van der Waals surface area contributed by atoms with E-state index in [1.165, 1.54) is 0 Å². The van der Waals surface area contributed by atoms with Gasteiger partial charge in [0.25, 0.3) is 0 Å². The van der Waals surface area contributed by atoms with Gasteiger partial charge < -0.3 is 15.2 Å². The Morgan fingerprint density at radius 1 is 1.11 bits per heavy atom. The van der Waals surface area contributed by atoms with Gasteiger partial charge in [0.2, 0.25) is 5.91 Å². The SMILES string of the molecule is CC1(NC(=O)C2CCC(C(=O)O)CC2)CCOCC1. The second-order valence-electron chi connectivity index (χ2n) is 6.05. The number of carboxylic acids is 1. The molecule has 0 aromatic carbocycles. The van der Waals surface area contributed by atoms with Crippen molar-refractivity contribution < 1.29 is 19.4 Å². The largest absolute Gasteiger partial charge is 0.481 e. The van der Waals surface area contributed by atoms with Crippen LogP contribution >= 0.6 is 0 Å². The first kappa shape index (κ1) is 14.3. The molecule has 5 heteroatoms. The summed E-state index contributed by atoms with van der Waals surface area (Å²) in [4.78, 5) is 23.1. The number of ether oxygens (including phenoxy) is 1. The van der Waals surface area contributed by atoms with E-state index in [9.17, 15) is 9.59 Å². The maximum Gasteiger partial charge on any atom is 0.306 e. The quantitative estimate of drug-likeness (QED) is 0.815. The molecule has 0 radical (unpaired) electrons. The third kappa shape index (κ3) is 3.69. The molecule has 1 amide bonds. The van der Waals surface area contributed by atoms with Gasteiger partial charge in [-0.3, -0.25) is 9.59 Å². The van der Waals surface area contributed by atoms with Gasteiger partial charge in [-0.05, 0) is 45.4 Å². The average Bonchev–Trinajstić information content (AvgIpc) is 2.39. The standard InChI is InChI=1S/C14H23NO4/c1-14(6-8-19-9-7-14)15-12(16)10-2-4-11(5-3-10)13(17)18/h10-11H,2-9H2,1H3,(H,15,16)(H,17,18). The van der Waals surface area contributed by atoms with Gasteiger partial charge in [-0.1, -0.05) is 0 Å². The predicted octanol–water partition coefficient (Wildman–Crippen LogP) is 1.56. The van der Waals surface area contributed by atoms with Crippen LogP contribution in [0.2, 0.25) is 0 Å². The van der Waals surface area contributed by atoms with Gasteiger partial charge in [0.15, 0.2) is 0 Å². The van der Waals surface area contributed by atoms with E-state index in [0.717, 1.165) is 12.8 Å². The number of rotatable bonds is 3. The molecular formula is C14H23NO4. The first-order chi connectivity index (χ1) is 9.00. The molecule has 2 aliphatic rings. The van der Waals surface area contributed by atoms with E-state index in [0.29, 0.717) is 38.9 Å². The van der Waals surface area contributed by atoms with Gasteiger partial charge in [-0.25, -0.2) is 0 Å². The zero-order valence-electron chi connectivity index (χ0n) is 11.5. The van der Waals surface area contributed by atoms with Crippen LogP contribution < -0.4 is 5.32 Å². The number of hydrogen-bond donors (Lipinski definition) is 2. The zero-order valence-corrected chi connectivity index (χ0v) is 11.5. The van der Waals surface area contributed by atoms with E-state index in [2.05, 4.69) is 12.2 Å².